The fourth-order valence-corrected chi connectivity index (χ4v) is 1.83. The highest BCUT2D eigenvalue weighted by atomic mass is 35.5. The number of nitrogens with two attached hydrogens (primary N) is 2. The van der Waals surface area contributed by atoms with E-state index in [1.54, 1.807) is 23.5 Å². The summed E-state index contributed by atoms with van der Waals surface area (Å²) in [5.74, 6) is 0. The third-order valence-corrected chi connectivity index (χ3v) is 2.74. The van der Waals surface area contributed by atoms with E-state index < -0.39 is 18.2 Å². The monoisotopic (exact) mass is 305 g/mol. The zero-order valence-electron chi connectivity index (χ0n) is 9.86. The molecule has 1 aromatic carbocycles. The third kappa shape index (κ3) is 5.78. The van der Waals surface area contributed by atoms with E-state index in [0.717, 1.165) is 5.56 Å². The zero-order chi connectivity index (χ0) is 14.4. The fourth-order valence-electron chi connectivity index (χ4n) is 1.35. The van der Waals surface area contributed by atoms with Gasteiger partial charge in [0.2, 0.25) is 0 Å². The number of hydrogen-bond donors (Lipinski definition) is 3. The van der Waals surface area contributed by atoms with E-state index in [1.807, 2.05) is 0 Å². The van der Waals surface area contributed by atoms with Crippen molar-refractivity contribution < 1.29 is 14.3 Å². The van der Waals surface area contributed by atoms with Crippen LogP contribution in [0.25, 0.3) is 0 Å². The minimum Gasteiger partial charge on any atom is -0.448 e. The second-order valence-electron chi connectivity index (χ2n) is 3.79. The quantitative estimate of drug-likeness (QED) is 0.786. The Bertz CT molecular complexity index is 482. The first-order chi connectivity index (χ1) is 8.88. The Labute approximate surface area is 120 Å². The molecule has 3 amide bonds. The molecule has 0 spiro atoms. The Morgan fingerprint density at radius 3 is 2.63 bits per heavy atom. The predicted octanol–water partition coefficient (Wildman–Crippen LogP) is 1.67. The molecule has 0 saturated carbocycles. The lowest BCUT2D eigenvalue weighted by Gasteiger charge is -2.13. The van der Waals surface area contributed by atoms with Crippen molar-refractivity contribution in [1.82, 2.24) is 5.32 Å². The number of urea groups is 1. The Balaban J connectivity index is 2.44. The lowest BCUT2D eigenvalue weighted by molar-refractivity contribution is 0.140. The van der Waals surface area contributed by atoms with Gasteiger partial charge in [0.05, 0.1) is 0 Å². The predicted molar refractivity (Wildman–Crippen MR) is 72.2 cm³/mol. The molecule has 0 aromatic heterocycles. The van der Waals surface area contributed by atoms with E-state index in [-0.39, 0.29) is 6.61 Å². The van der Waals surface area contributed by atoms with E-state index >= 15 is 0 Å². The SMILES string of the molecule is NC(=O)NC(=O)OC[C@H](N)Cc1ccc(Cl)cc1Cl. The van der Waals surface area contributed by atoms with E-state index in [1.165, 1.54) is 0 Å². The van der Waals surface area contributed by atoms with Crippen LogP contribution >= 0.6 is 23.2 Å². The highest BCUT2D eigenvalue weighted by Crippen LogP contribution is 2.21. The molecule has 1 aromatic rings. The lowest BCUT2D eigenvalue weighted by atomic mass is 10.1. The number of rotatable bonds is 4. The third-order valence-electron chi connectivity index (χ3n) is 2.15. The normalized spacial score (nSPS) is 11.7. The largest absolute Gasteiger partial charge is 0.448 e. The minimum absolute atomic E-state index is 0.0714. The van der Waals surface area contributed by atoms with Crippen LogP contribution in [0.1, 0.15) is 5.56 Å². The van der Waals surface area contributed by atoms with Crippen LogP contribution in [0.3, 0.4) is 0 Å². The summed E-state index contributed by atoms with van der Waals surface area (Å²) in [6.45, 7) is -0.0714. The van der Waals surface area contributed by atoms with Crippen LogP contribution in [-0.2, 0) is 11.2 Å². The molecule has 8 heteroatoms. The molecule has 0 radical (unpaired) electrons. The van der Waals surface area contributed by atoms with Crippen molar-refractivity contribution in [2.75, 3.05) is 6.61 Å². The molecule has 19 heavy (non-hydrogen) atoms. The van der Waals surface area contributed by atoms with Gasteiger partial charge in [-0.1, -0.05) is 29.3 Å². The molecular formula is C11H13Cl2N3O3. The summed E-state index contributed by atoms with van der Waals surface area (Å²) in [4.78, 5) is 21.4. The fraction of sp³-hybridized carbons (Fsp3) is 0.273. The topological polar surface area (TPSA) is 107 Å². The molecule has 1 rings (SSSR count). The summed E-state index contributed by atoms with van der Waals surface area (Å²) in [6.07, 6.45) is -0.537. The van der Waals surface area contributed by atoms with Gasteiger partial charge in [-0.2, -0.15) is 0 Å². The molecule has 0 heterocycles. The maximum Gasteiger partial charge on any atom is 0.415 e. The number of primary amides is 1. The smallest absolute Gasteiger partial charge is 0.415 e. The molecule has 0 bridgehead atoms. The van der Waals surface area contributed by atoms with Gasteiger partial charge >= 0.3 is 12.1 Å². The number of imide groups is 1. The Morgan fingerprint density at radius 1 is 1.37 bits per heavy atom. The summed E-state index contributed by atoms with van der Waals surface area (Å²) in [6, 6.07) is 3.59. The Kier molecular flexibility index (Phi) is 5.88. The Hall–Kier alpha value is -1.50. The molecule has 0 saturated heterocycles. The van der Waals surface area contributed by atoms with Gasteiger partial charge in [-0.3, -0.25) is 0 Å². The van der Waals surface area contributed by atoms with Crippen LogP contribution in [-0.4, -0.2) is 24.8 Å². The summed E-state index contributed by atoms with van der Waals surface area (Å²) in [5, 5.41) is 2.78. The number of carbonyl (C=O) groups is 2. The van der Waals surface area contributed by atoms with Crippen molar-refractivity contribution in [3.05, 3.63) is 33.8 Å². The van der Waals surface area contributed by atoms with Crippen LogP contribution < -0.4 is 16.8 Å². The first-order valence-electron chi connectivity index (χ1n) is 5.31. The molecule has 6 nitrogen and oxygen atoms in total. The summed E-state index contributed by atoms with van der Waals surface area (Å²) in [5.41, 5.74) is 11.3. The maximum atomic E-state index is 11.0. The maximum absolute atomic E-state index is 11.0. The van der Waals surface area contributed by atoms with Gasteiger partial charge in [-0.15, -0.1) is 0 Å². The van der Waals surface area contributed by atoms with Crippen molar-refractivity contribution in [1.29, 1.82) is 0 Å². The number of halogens is 2. The second kappa shape index (κ2) is 7.18. The van der Waals surface area contributed by atoms with Gasteiger partial charge in [-0.05, 0) is 24.1 Å². The number of amides is 3. The molecule has 0 aliphatic heterocycles. The van der Waals surface area contributed by atoms with Crippen LogP contribution in [0.15, 0.2) is 18.2 Å². The molecule has 0 aliphatic carbocycles. The van der Waals surface area contributed by atoms with Gasteiger partial charge in [0, 0.05) is 16.1 Å². The standard InChI is InChI=1S/C11H13Cl2N3O3/c12-7-2-1-6(9(13)4-7)3-8(14)5-19-11(18)16-10(15)17/h1-2,4,8H,3,5,14H2,(H3,15,16,17,18)/t8-/m1/s1. The molecule has 1 atom stereocenters. The average molecular weight is 306 g/mol. The van der Waals surface area contributed by atoms with Crippen LogP contribution in [0.4, 0.5) is 9.59 Å². The molecule has 104 valence electrons. The highest BCUT2D eigenvalue weighted by Gasteiger charge is 2.11. The van der Waals surface area contributed by atoms with E-state index in [0.29, 0.717) is 16.5 Å². The van der Waals surface area contributed by atoms with Crippen molar-refractivity contribution in [3.8, 4) is 0 Å². The number of nitrogens with one attached hydrogen (secondary N) is 1. The van der Waals surface area contributed by atoms with Crippen molar-refractivity contribution in [2.45, 2.75) is 12.5 Å². The second-order valence-corrected chi connectivity index (χ2v) is 4.63. The van der Waals surface area contributed by atoms with Crippen LogP contribution in [0.5, 0.6) is 0 Å². The van der Waals surface area contributed by atoms with Gasteiger partial charge < -0.3 is 16.2 Å². The minimum atomic E-state index is -0.987. The number of alkyl carbamates (subject to hydrolysis) is 1. The first-order valence-corrected chi connectivity index (χ1v) is 6.07. The summed E-state index contributed by atoms with van der Waals surface area (Å²) < 4.78 is 4.71. The van der Waals surface area contributed by atoms with E-state index in [9.17, 15) is 9.59 Å². The van der Waals surface area contributed by atoms with Gasteiger partial charge in [0.1, 0.15) is 6.61 Å². The van der Waals surface area contributed by atoms with Crippen LogP contribution in [0, 0.1) is 0 Å². The summed E-state index contributed by atoms with van der Waals surface area (Å²) in [7, 11) is 0. The molecule has 0 fully saturated rings. The van der Waals surface area contributed by atoms with Gasteiger partial charge in [0.15, 0.2) is 0 Å². The number of carbonyl (C=O) groups excluding carboxylic acids is 2. The average Bonchev–Trinajstić information content (AvgIpc) is 2.29. The lowest BCUT2D eigenvalue weighted by Crippen LogP contribution is -2.38. The Morgan fingerprint density at radius 2 is 2.05 bits per heavy atom. The molecule has 0 unspecified atom stereocenters. The van der Waals surface area contributed by atoms with Crippen molar-refractivity contribution >= 4 is 35.3 Å². The van der Waals surface area contributed by atoms with E-state index in [4.69, 9.17) is 39.4 Å². The molecule has 5 N–H and O–H groups in total. The van der Waals surface area contributed by atoms with Gasteiger partial charge in [-0.25, -0.2) is 14.9 Å². The summed E-state index contributed by atoms with van der Waals surface area (Å²) >= 11 is 11.8. The molecular weight excluding hydrogens is 293 g/mol. The number of benzene rings is 1. The van der Waals surface area contributed by atoms with Gasteiger partial charge in [0.25, 0.3) is 0 Å². The first kappa shape index (κ1) is 15.6. The van der Waals surface area contributed by atoms with E-state index in [2.05, 4.69) is 0 Å². The zero-order valence-corrected chi connectivity index (χ0v) is 11.4. The van der Waals surface area contributed by atoms with Crippen molar-refractivity contribution in [2.24, 2.45) is 11.5 Å². The number of ether oxygens (including phenoxy) is 1. The van der Waals surface area contributed by atoms with Crippen LogP contribution in [0.2, 0.25) is 10.0 Å². The highest BCUT2D eigenvalue weighted by molar-refractivity contribution is 6.35. The van der Waals surface area contributed by atoms with Crippen molar-refractivity contribution in [3.63, 3.8) is 0 Å². The number of hydrogen-bond acceptors (Lipinski definition) is 4. The molecule has 0 aliphatic rings.